The van der Waals surface area contributed by atoms with Gasteiger partial charge in [0.05, 0.1) is 0 Å². The summed E-state index contributed by atoms with van der Waals surface area (Å²) in [5, 5.41) is 27.5. The molecule has 66 valence electrons. The number of phenols is 1. The van der Waals surface area contributed by atoms with Crippen LogP contribution in [0.15, 0.2) is 12.1 Å². The first-order valence-electron chi connectivity index (χ1n) is 3.25. The summed E-state index contributed by atoms with van der Waals surface area (Å²) in [4.78, 5) is 0. The number of nitrogens with one attached hydrogen (secondary N) is 1. The maximum absolute atomic E-state index is 10.5. The molecule has 0 heterocycles. The number of rotatable bonds is 1. The standard InChI is InChI=1S/C7H8ClNO3/c1-4-5(8)2-3-6(7(4)10)9(11)12/h2-3,9-11H,1H3. The molecule has 0 aliphatic rings. The van der Waals surface area contributed by atoms with Crippen molar-refractivity contribution in [2.75, 3.05) is 0 Å². The lowest BCUT2D eigenvalue weighted by molar-refractivity contribution is -0.991. The zero-order chi connectivity index (χ0) is 9.30. The van der Waals surface area contributed by atoms with E-state index >= 15 is 0 Å². The second-order valence-electron chi connectivity index (χ2n) is 2.37. The van der Waals surface area contributed by atoms with Crippen molar-refractivity contribution >= 4 is 17.3 Å². The lowest BCUT2D eigenvalue weighted by Crippen LogP contribution is -2.99. The van der Waals surface area contributed by atoms with Crippen molar-refractivity contribution in [3.63, 3.8) is 0 Å². The molecule has 12 heavy (non-hydrogen) atoms. The Balaban J connectivity index is 3.27. The Morgan fingerprint density at radius 1 is 1.50 bits per heavy atom. The van der Waals surface area contributed by atoms with Crippen molar-refractivity contribution in [3.05, 3.63) is 27.9 Å². The van der Waals surface area contributed by atoms with Crippen LogP contribution in [-0.2, 0) is 0 Å². The first-order valence-corrected chi connectivity index (χ1v) is 3.63. The second-order valence-corrected chi connectivity index (χ2v) is 2.78. The van der Waals surface area contributed by atoms with Gasteiger partial charge in [-0.15, -0.1) is 0 Å². The number of hydrogen-bond donors (Lipinski definition) is 3. The summed E-state index contributed by atoms with van der Waals surface area (Å²) < 4.78 is 0. The molecular formula is C7H8ClNO3. The highest BCUT2D eigenvalue weighted by molar-refractivity contribution is 6.31. The van der Waals surface area contributed by atoms with Gasteiger partial charge in [0.15, 0.2) is 5.75 Å². The van der Waals surface area contributed by atoms with Gasteiger partial charge in [-0.25, -0.2) is 5.21 Å². The van der Waals surface area contributed by atoms with Crippen molar-refractivity contribution in [2.45, 2.75) is 6.92 Å². The van der Waals surface area contributed by atoms with E-state index in [-0.39, 0.29) is 11.4 Å². The number of phenolic OH excluding ortho intramolecular Hbond substituents is 1. The molecule has 0 fully saturated rings. The van der Waals surface area contributed by atoms with Gasteiger partial charge in [0.1, 0.15) is 0 Å². The fourth-order valence-corrected chi connectivity index (χ4v) is 1.00. The number of quaternary nitrogens is 1. The lowest BCUT2D eigenvalue weighted by Gasteiger charge is -2.14. The summed E-state index contributed by atoms with van der Waals surface area (Å²) in [7, 11) is 0. The molecule has 0 aliphatic carbocycles. The summed E-state index contributed by atoms with van der Waals surface area (Å²) in [5.41, 5.74) is 0.258. The average Bonchev–Trinajstić information content (AvgIpc) is 2.00. The molecule has 1 rings (SSSR count). The molecule has 5 heteroatoms. The van der Waals surface area contributed by atoms with Gasteiger partial charge in [0.2, 0.25) is 5.69 Å². The molecule has 1 atom stereocenters. The predicted octanol–water partition coefficient (Wildman–Crippen LogP) is 0.757. The van der Waals surface area contributed by atoms with Gasteiger partial charge in [-0.2, -0.15) is 5.23 Å². The Labute approximate surface area is 74.2 Å². The highest BCUT2D eigenvalue weighted by Crippen LogP contribution is 2.29. The number of halogens is 1. The minimum Gasteiger partial charge on any atom is -0.595 e. The number of aromatic hydroxyl groups is 1. The largest absolute Gasteiger partial charge is 0.595 e. The molecule has 3 N–H and O–H groups in total. The quantitative estimate of drug-likeness (QED) is 0.451. The number of benzene rings is 1. The summed E-state index contributed by atoms with van der Waals surface area (Å²) in [6, 6.07) is 2.72. The molecular weight excluding hydrogens is 182 g/mol. The summed E-state index contributed by atoms with van der Waals surface area (Å²) >= 11 is 5.64. The van der Waals surface area contributed by atoms with Crippen molar-refractivity contribution in [1.82, 2.24) is 0 Å². The SMILES string of the molecule is Cc1c(Cl)ccc([NH+]([O-])O)c1O. The summed E-state index contributed by atoms with van der Waals surface area (Å²) in [6.45, 7) is 1.56. The first-order chi connectivity index (χ1) is 5.54. The second kappa shape index (κ2) is 3.28. The highest BCUT2D eigenvalue weighted by atomic mass is 35.5. The van der Waals surface area contributed by atoms with Gasteiger partial charge in [0.25, 0.3) is 0 Å². The lowest BCUT2D eigenvalue weighted by atomic mass is 10.2. The minimum atomic E-state index is -1.16. The van der Waals surface area contributed by atoms with Gasteiger partial charge in [-0.1, -0.05) is 11.6 Å². The van der Waals surface area contributed by atoms with Crippen LogP contribution in [0.4, 0.5) is 5.69 Å². The molecule has 0 amide bonds. The molecule has 0 spiro atoms. The van der Waals surface area contributed by atoms with E-state index in [2.05, 4.69) is 0 Å². The van der Waals surface area contributed by atoms with Gasteiger partial charge in [0, 0.05) is 16.7 Å². The Hall–Kier alpha value is -0.810. The Morgan fingerprint density at radius 2 is 2.08 bits per heavy atom. The molecule has 0 aliphatic heterocycles. The predicted molar refractivity (Wildman–Crippen MR) is 43.6 cm³/mol. The molecule has 1 aromatic carbocycles. The Morgan fingerprint density at radius 3 is 2.58 bits per heavy atom. The molecule has 1 unspecified atom stereocenters. The average molecular weight is 190 g/mol. The van der Waals surface area contributed by atoms with Crippen molar-refractivity contribution < 1.29 is 15.5 Å². The zero-order valence-electron chi connectivity index (χ0n) is 6.34. The Bertz CT molecular complexity index is 301. The summed E-state index contributed by atoms with van der Waals surface area (Å²) in [5.74, 6) is -0.269. The fourth-order valence-electron chi connectivity index (χ4n) is 0.848. The van der Waals surface area contributed by atoms with E-state index in [0.29, 0.717) is 10.6 Å². The smallest absolute Gasteiger partial charge is 0.206 e. The van der Waals surface area contributed by atoms with Crippen LogP contribution >= 0.6 is 11.6 Å². The van der Waals surface area contributed by atoms with Crippen LogP contribution in [-0.4, -0.2) is 10.3 Å². The van der Waals surface area contributed by atoms with Crippen LogP contribution in [0.1, 0.15) is 5.56 Å². The van der Waals surface area contributed by atoms with Crippen LogP contribution in [0.5, 0.6) is 5.75 Å². The number of hydrogen-bond acceptors (Lipinski definition) is 3. The molecule has 4 nitrogen and oxygen atoms in total. The van der Waals surface area contributed by atoms with Crippen LogP contribution in [0.3, 0.4) is 0 Å². The van der Waals surface area contributed by atoms with Crippen molar-refractivity contribution in [3.8, 4) is 5.75 Å². The summed E-state index contributed by atoms with van der Waals surface area (Å²) in [6.07, 6.45) is 0. The molecule has 0 aromatic heterocycles. The normalized spacial score (nSPS) is 13.0. The van der Waals surface area contributed by atoms with E-state index in [1.807, 2.05) is 0 Å². The van der Waals surface area contributed by atoms with Crippen molar-refractivity contribution in [1.29, 1.82) is 0 Å². The Kier molecular flexibility index (Phi) is 2.54. The van der Waals surface area contributed by atoms with Crippen molar-refractivity contribution in [2.24, 2.45) is 0 Å². The van der Waals surface area contributed by atoms with Gasteiger partial charge < -0.3 is 10.3 Å². The topological polar surface area (TPSA) is 68.0 Å². The first kappa shape index (κ1) is 9.28. The van der Waals surface area contributed by atoms with Crippen LogP contribution in [0.2, 0.25) is 5.02 Å². The van der Waals surface area contributed by atoms with Gasteiger partial charge >= 0.3 is 0 Å². The minimum absolute atomic E-state index is 0.128. The van der Waals surface area contributed by atoms with E-state index in [0.717, 1.165) is 0 Å². The van der Waals surface area contributed by atoms with E-state index in [4.69, 9.17) is 16.8 Å². The van der Waals surface area contributed by atoms with Crippen LogP contribution < -0.4 is 5.23 Å². The maximum Gasteiger partial charge on any atom is 0.206 e. The molecule has 0 saturated carbocycles. The molecule has 0 radical (unpaired) electrons. The fraction of sp³-hybridized carbons (Fsp3) is 0.143. The molecule has 0 bridgehead atoms. The van der Waals surface area contributed by atoms with Crippen LogP contribution in [0.25, 0.3) is 0 Å². The molecule has 0 saturated heterocycles. The van der Waals surface area contributed by atoms with Crippen LogP contribution in [0, 0.1) is 12.1 Å². The van der Waals surface area contributed by atoms with Gasteiger partial charge in [-0.05, 0) is 13.0 Å². The van der Waals surface area contributed by atoms with E-state index in [9.17, 15) is 10.3 Å². The highest BCUT2D eigenvalue weighted by Gasteiger charge is 2.12. The maximum atomic E-state index is 10.5. The van der Waals surface area contributed by atoms with E-state index in [1.54, 1.807) is 6.92 Å². The zero-order valence-corrected chi connectivity index (χ0v) is 7.09. The third-order valence-electron chi connectivity index (χ3n) is 1.60. The monoisotopic (exact) mass is 189 g/mol. The molecule has 1 aromatic rings. The van der Waals surface area contributed by atoms with E-state index < -0.39 is 5.23 Å². The third kappa shape index (κ3) is 1.51. The van der Waals surface area contributed by atoms with E-state index in [1.165, 1.54) is 12.1 Å². The third-order valence-corrected chi connectivity index (χ3v) is 2.00. The van der Waals surface area contributed by atoms with Gasteiger partial charge in [-0.3, -0.25) is 0 Å².